The lowest BCUT2D eigenvalue weighted by Crippen LogP contribution is -2.40. The van der Waals surface area contributed by atoms with Crippen LogP contribution >= 0.6 is 0 Å². The average molecular weight is 1110 g/mol. The van der Waals surface area contributed by atoms with Crippen molar-refractivity contribution < 1.29 is 100 Å². The molecule has 4 aliphatic rings. The number of piperidine rings is 4. The molecule has 422 valence electrons. The number of likely N-dealkylation sites (tertiary alicyclic amines) is 3. The van der Waals surface area contributed by atoms with Gasteiger partial charge in [-0.3, -0.25) is 18.6 Å². The summed E-state index contributed by atoms with van der Waals surface area (Å²) in [6.07, 6.45) is -7.46. The Hall–Kier alpha value is -5.93. The molecule has 4 heterocycles. The molecule has 0 spiro atoms. The Labute approximate surface area is 428 Å². The second kappa shape index (κ2) is 30.0. The van der Waals surface area contributed by atoms with Crippen LogP contribution in [0.3, 0.4) is 0 Å². The number of alkyl halides is 9. The third-order valence-electron chi connectivity index (χ3n) is 11.1. The molecule has 4 aliphatic heterocycles. The van der Waals surface area contributed by atoms with E-state index < -0.39 is 29.2 Å². The second-order valence-electron chi connectivity index (χ2n) is 17.2. The summed E-state index contributed by atoms with van der Waals surface area (Å²) in [4.78, 5) is 38.1. The van der Waals surface area contributed by atoms with Gasteiger partial charge in [-0.15, -0.1) is 39.5 Å². The normalized spacial score (nSPS) is 17.2. The van der Waals surface area contributed by atoms with Gasteiger partial charge in [0.15, 0.2) is 0 Å². The molecule has 3 N–H and O–H groups in total. The van der Waals surface area contributed by atoms with Crippen molar-refractivity contribution >= 4 is 27.8 Å². The van der Waals surface area contributed by atoms with Gasteiger partial charge in [-0.05, 0) is 124 Å². The van der Waals surface area contributed by atoms with E-state index >= 15 is 0 Å². The average Bonchev–Trinajstić information content (AvgIpc) is 3.31. The predicted molar refractivity (Wildman–Crippen MR) is 252 cm³/mol. The molecule has 3 aromatic rings. The summed E-state index contributed by atoms with van der Waals surface area (Å²) in [6, 6.07) is 15.1. The number of nitrogens with one attached hydrogen (secondary N) is 1. The predicted octanol–water partition coefficient (Wildman–Crippen LogP) is 7.94. The van der Waals surface area contributed by atoms with Crippen molar-refractivity contribution in [2.45, 2.75) is 116 Å². The van der Waals surface area contributed by atoms with E-state index in [0.717, 1.165) is 82.4 Å². The van der Waals surface area contributed by atoms with Gasteiger partial charge in [0.05, 0.1) is 18.5 Å². The zero-order valence-electron chi connectivity index (χ0n) is 41.6. The Morgan fingerprint density at radius 3 is 1.08 bits per heavy atom. The van der Waals surface area contributed by atoms with Gasteiger partial charge >= 0.3 is 19.1 Å². The molecule has 27 heteroatoms. The fourth-order valence-electron chi connectivity index (χ4n) is 7.37. The Morgan fingerprint density at radius 2 is 0.773 bits per heavy atom. The number of benzene rings is 3. The first-order chi connectivity index (χ1) is 34.9. The number of aliphatic hydroxyl groups excluding tert-OH is 1. The third kappa shape index (κ3) is 28.5. The summed E-state index contributed by atoms with van der Waals surface area (Å²) >= 11 is 0. The van der Waals surface area contributed by atoms with E-state index in [-0.39, 0.29) is 65.1 Å². The van der Waals surface area contributed by atoms with Gasteiger partial charge in [0, 0.05) is 72.9 Å². The highest BCUT2D eigenvalue weighted by atomic mass is 32.2. The largest absolute Gasteiger partial charge is 0.573 e. The number of hydrogen-bond donors (Lipinski definition) is 3. The van der Waals surface area contributed by atoms with E-state index in [1.165, 1.54) is 62.4 Å². The van der Waals surface area contributed by atoms with E-state index in [1.54, 1.807) is 21.6 Å². The molecule has 4 saturated heterocycles. The van der Waals surface area contributed by atoms with Crippen LogP contribution in [-0.4, -0.2) is 153 Å². The van der Waals surface area contributed by atoms with Crippen LogP contribution in [0.2, 0.25) is 0 Å². The van der Waals surface area contributed by atoms with Crippen LogP contribution < -0.4 is 29.0 Å². The van der Waals surface area contributed by atoms with Gasteiger partial charge in [-0.25, -0.2) is 0 Å². The molecule has 0 aliphatic carbocycles. The van der Waals surface area contributed by atoms with Crippen molar-refractivity contribution in [1.29, 1.82) is 0 Å². The van der Waals surface area contributed by atoms with Crippen LogP contribution in [-0.2, 0) is 28.7 Å². The Balaban J connectivity index is 0.000000253. The SMILES string of the molecule is CC(=O)N1CCC(O)CC1.CC(=O)N1CCC(OS(C)(=O)=O)CC1.CC(=O)N1CCC(Oc2ccc(OC(F)(F)F)cc2)CC1.FC(F)(F)Oc1ccc(OC2CCNCC2)cc1.Oc1ccc(OC(F)(F)F)cc1. The molecular formula is C48H63F9N4O13S. The van der Waals surface area contributed by atoms with Crippen molar-refractivity contribution in [3.05, 3.63) is 72.8 Å². The van der Waals surface area contributed by atoms with Crippen molar-refractivity contribution in [3.63, 3.8) is 0 Å². The maximum atomic E-state index is 12.0. The smallest absolute Gasteiger partial charge is 0.508 e. The minimum Gasteiger partial charge on any atom is -0.508 e. The van der Waals surface area contributed by atoms with Crippen LogP contribution in [0.1, 0.15) is 72.1 Å². The van der Waals surface area contributed by atoms with Gasteiger partial charge < -0.3 is 53.9 Å². The number of aromatic hydroxyl groups is 1. The first-order valence-electron chi connectivity index (χ1n) is 23.5. The van der Waals surface area contributed by atoms with Crippen molar-refractivity contribution in [3.8, 4) is 34.5 Å². The number of halogens is 9. The number of aliphatic hydroxyl groups is 1. The molecule has 0 bridgehead atoms. The number of ether oxygens (including phenoxy) is 5. The van der Waals surface area contributed by atoms with Crippen molar-refractivity contribution in [1.82, 2.24) is 20.0 Å². The minimum absolute atomic E-state index is 0.0304. The van der Waals surface area contributed by atoms with Crippen LogP contribution in [0.4, 0.5) is 39.5 Å². The fraction of sp³-hybridized carbons (Fsp3) is 0.562. The number of phenols is 1. The molecule has 0 saturated carbocycles. The van der Waals surface area contributed by atoms with Crippen molar-refractivity contribution in [2.24, 2.45) is 0 Å². The number of rotatable bonds is 9. The van der Waals surface area contributed by atoms with Gasteiger partial charge in [0.2, 0.25) is 17.7 Å². The molecule has 3 aromatic carbocycles. The van der Waals surface area contributed by atoms with E-state index in [4.69, 9.17) is 23.9 Å². The van der Waals surface area contributed by atoms with Gasteiger partial charge in [-0.2, -0.15) is 8.42 Å². The lowest BCUT2D eigenvalue weighted by Gasteiger charge is -2.31. The molecule has 75 heavy (non-hydrogen) atoms. The third-order valence-corrected chi connectivity index (χ3v) is 11.7. The molecular weight excluding hydrogens is 1040 g/mol. The first-order valence-corrected chi connectivity index (χ1v) is 25.4. The highest BCUT2D eigenvalue weighted by Crippen LogP contribution is 2.28. The Bertz CT molecular complexity index is 2270. The maximum Gasteiger partial charge on any atom is 0.573 e. The highest BCUT2D eigenvalue weighted by molar-refractivity contribution is 7.86. The van der Waals surface area contributed by atoms with E-state index in [1.807, 2.05) is 0 Å². The van der Waals surface area contributed by atoms with Crippen LogP contribution in [0.25, 0.3) is 0 Å². The summed E-state index contributed by atoms with van der Waals surface area (Å²) < 4.78 is 156. The van der Waals surface area contributed by atoms with Crippen LogP contribution in [0.5, 0.6) is 34.5 Å². The lowest BCUT2D eigenvalue weighted by atomic mass is 10.1. The Morgan fingerprint density at radius 1 is 0.493 bits per heavy atom. The summed E-state index contributed by atoms with van der Waals surface area (Å²) in [5, 5.41) is 21.0. The topological polar surface area (TPSA) is 203 Å². The van der Waals surface area contributed by atoms with E-state index in [9.17, 15) is 62.3 Å². The highest BCUT2D eigenvalue weighted by Gasteiger charge is 2.33. The lowest BCUT2D eigenvalue weighted by molar-refractivity contribution is -0.275. The van der Waals surface area contributed by atoms with Crippen LogP contribution in [0.15, 0.2) is 72.8 Å². The first kappa shape index (κ1) is 63.4. The van der Waals surface area contributed by atoms with Crippen molar-refractivity contribution in [2.75, 3.05) is 58.6 Å². The molecule has 4 fully saturated rings. The summed E-state index contributed by atoms with van der Waals surface area (Å²) in [5.74, 6) is 0.283. The minimum atomic E-state index is -4.69. The Kier molecular flexibility index (Phi) is 25.3. The monoisotopic (exact) mass is 1110 g/mol. The number of carbonyl (C=O) groups excluding carboxylic acids is 3. The van der Waals surface area contributed by atoms with Gasteiger partial charge in [0.25, 0.3) is 10.1 Å². The summed E-state index contributed by atoms with van der Waals surface area (Å²) in [6.45, 7) is 10.3. The fourth-order valence-corrected chi connectivity index (χ4v) is 8.06. The zero-order valence-corrected chi connectivity index (χ0v) is 42.4. The molecule has 17 nitrogen and oxygen atoms in total. The maximum absolute atomic E-state index is 12.0. The number of hydrogen-bond acceptors (Lipinski definition) is 14. The molecule has 7 rings (SSSR count). The van der Waals surface area contributed by atoms with Gasteiger partial charge in [-0.1, -0.05) is 0 Å². The number of carbonyl (C=O) groups is 3. The standard InChI is InChI=1S/C14H16F3NO3.C12H14F3NO2.C8H15NO4S.C7H5F3O2.C7H13NO2/c1-10(19)18-8-6-12(7-9-18)20-11-2-4-13(5-3-11)21-14(15,16)17;13-12(14,15)18-11-3-1-9(2-4-11)17-10-5-7-16-8-6-10;1-7(10)9-5-3-8(4-6-9)13-14(2,11)12;8-7(9,10)12-6-3-1-5(11)2-4-6;1-6(9)8-4-2-7(10)3-5-8/h2-5,12H,6-9H2,1H3;1-4,10,16H,5-8H2;8H,3-6H2,1-2H3;1-4,11H;7,10H,2-5H2,1H3. The molecule has 0 unspecified atom stereocenters. The number of amides is 3. The number of nitrogens with zero attached hydrogens (tertiary/aromatic N) is 3. The molecule has 0 radical (unpaired) electrons. The second-order valence-corrected chi connectivity index (χ2v) is 18.8. The van der Waals surface area contributed by atoms with Gasteiger partial charge in [0.1, 0.15) is 46.7 Å². The molecule has 0 atom stereocenters. The summed E-state index contributed by atoms with van der Waals surface area (Å²) in [5.41, 5.74) is 0. The van der Waals surface area contributed by atoms with E-state index in [0.29, 0.717) is 63.4 Å². The number of phenolic OH excluding ortho intramolecular Hbond substituents is 1. The van der Waals surface area contributed by atoms with Crippen LogP contribution in [0, 0.1) is 0 Å². The molecule has 3 amide bonds. The summed E-state index contributed by atoms with van der Waals surface area (Å²) in [7, 11) is -3.36. The zero-order chi connectivity index (χ0) is 56.0. The molecule has 0 aromatic heterocycles. The van der Waals surface area contributed by atoms with E-state index in [2.05, 4.69) is 19.5 Å². The quantitative estimate of drug-likeness (QED) is 0.138.